The number of carbonyl (C=O) groups is 1. The molecule has 0 fully saturated rings. The number of aromatic nitrogens is 2. The number of unbranched alkanes of at least 4 members (excludes halogenated alkanes) is 1. The molecule has 6 heteroatoms. The summed E-state index contributed by atoms with van der Waals surface area (Å²) in [5.74, 6) is 0.150. The van der Waals surface area contributed by atoms with Crippen molar-refractivity contribution in [1.82, 2.24) is 9.55 Å². The minimum absolute atomic E-state index is 0.112. The van der Waals surface area contributed by atoms with E-state index in [1.807, 2.05) is 38.1 Å². The van der Waals surface area contributed by atoms with E-state index >= 15 is 0 Å². The molecule has 0 N–H and O–H groups in total. The predicted octanol–water partition coefficient (Wildman–Crippen LogP) is 4.66. The van der Waals surface area contributed by atoms with Crippen LogP contribution in [0.25, 0.3) is 21.6 Å². The Labute approximate surface area is 174 Å². The maximum absolute atomic E-state index is 13.5. The van der Waals surface area contributed by atoms with Gasteiger partial charge in [0.05, 0.1) is 12.0 Å². The summed E-state index contributed by atoms with van der Waals surface area (Å²) in [6.07, 6.45) is 5.95. The van der Waals surface area contributed by atoms with Crippen LogP contribution in [0.3, 0.4) is 0 Å². The third-order valence-electron chi connectivity index (χ3n) is 5.40. The number of aryl methyl sites for hydroxylation is 3. The molecule has 0 saturated heterocycles. The van der Waals surface area contributed by atoms with Crippen molar-refractivity contribution >= 4 is 27.5 Å². The van der Waals surface area contributed by atoms with Crippen LogP contribution < -0.4 is 5.56 Å². The molecule has 1 aliphatic rings. The van der Waals surface area contributed by atoms with Crippen LogP contribution in [-0.4, -0.2) is 22.1 Å². The molecule has 29 heavy (non-hydrogen) atoms. The summed E-state index contributed by atoms with van der Waals surface area (Å²) in [6, 6.07) is 7.89. The van der Waals surface area contributed by atoms with Gasteiger partial charge in [0, 0.05) is 10.4 Å². The highest BCUT2D eigenvalue weighted by Crippen LogP contribution is 2.34. The van der Waals surface area contributed by atoms with Gasteiger partial charge in [-0.25, -0.2) is 4.98 Å². The van der Waals surface area contributed by atoms with Gasteiger partial charge in [0.1, 0.15) is 17.2 Å². The molecule has 1 aliphatic carbocycles. The second kappa shape index (κ2) is 8.49. The van der Waals surface area contributed by atoms with Crippen molar-refractivity contribution in [1.29, 1.82) is 0 Å². The lowest BCUT2D eigenvalue weighted by Crippen LogP contribution is -2.28. The summed E-state index contributed by atoms with van der Waals surface area (Å²) in [7, 11) is 0. The molecular weight excluding hydrogens is 384 g/mol. The van der Waals surface area contributed by atoms with Crippen LogP contribution in [0.2, 0.25) is 0 Å². The first kappa shape index (κ1) is 19.8. The van der Waals surface area contributed by atoms with Gasteiger partial charge < -0.3 is 4.74 Å². The normalized spacial score (nSPS) is 13.4. The highest BCUT2D eigenvalue weighted by molar-refractivity contribution is 7.18. The Bertz CT molecular complexity index is 1110. The van der Waals surface area contributed by atoms with Gasteiger partial charge >= 0.3 is 5.97 Å². The van der Waals surface area contributed by atoms with Crippen molar-refractivity contribution in [3.8, 4) is 11.4 Å². The lowest BCUT2D eigenvalue weighted by molar-refractivity contribution is -0.144. The van der Waals surface area contributed by atoms with Crippen LogP contribution in [0.4, 0.5) is 0 Å². The Morgan fingerprint density at radius 3 is 2.90 bits per heavy atom. The van der Waals surface area contributed by atoms with E-state index in [0.29, 0.717) is 17.8 Å². The number of carbonyl (C=O) groups excluding carboxylic acids is 1. The van der Waals surface area contributed by atoms with Crippen LogP contribution in [0, 0.1) is 6.92 Å². The van der Waals surface area contributed by atoms with E-state index in [0.717, 1.165) is 60.0 Å². The number of benzene rings is 1. The second-order valence-corrected chi connectivity index (χ2v) is 8.74. The van der Waals surface area contributed by atoms with Gasteiger partial charge in [-0.3, -0.25) is 14.2 Å². The predicted molar refractivity (Wildman–Crippen MR) is 117 cm³/mol. The average Bonchev–Trinajstić information content (AvgIpc) is 3.09. The fourth-order valence-corrected chi connectivity index (χ4v) is 5.15. The van der Waals surface area contributed by atoms with Gasteiger partial charge in [0.25, 0.3) is 5.56 Å². The van der Waals surface area contributed by atoms with E-state index in [9.17, 15) is 9.59 Å². The standard InChI is InChI=1S/C23H26N2O3S/c1-3-4-12-28-19(26)14-25-21(16-9-7-8-15(2)13-16)24-22-20(23(25)27)17-10-5-6-11-18(17)29-22/h7-9,13H,3-6,10-12,14H2,1-2H3. The SMILES string of the molecule is CCCCOC(=O)Cn1c(-c2cccc(C)c2)nc2sc3c(c2c1=O)CCCC3. The van der Waals surface area contributed by atoms with Gasteiger partial charge in [-0.1, -0.05) is 37.1 Å². The summed E-state index contributed by atoms with van der Waals surface area (Å²) in [4.78, 5) is 32.9. The molecule has 0 amide bonds. The Kier molecular flexibility index (Phi) is 5.81. The number of fused-ring (bicyclic) bond motifs is 3. The van der Waals surface area contributed by atoms with E-state index in [1.165, 1.54) is 9.44 Å². The number of nitrogens with zero attached hydrogens (tertiary/aromatic N) is 2. The highest BCUT2D eigenvalue weighted by Gasteiger charge is 2.23. The Morgan fingerprint density at radius 1 is 1.28 bits per heavy atom. The molecule has 3 aromatic rings. The number of esters is 1. The molecule has 2 aromatic heterocycles. The van der Waals surface area contributed by atoms with E-state index in [4.69, 9.17) is 9.72 Å². The third-order valence-corrected chi connectivity index (χ3v) is 6.58. The van der Waals surface area contributed by atoms with Crippen LogP contribution >= 0.6 is 11.3 Å². The van der Waals surface area contributed by atoms with Crippen molar-refractivity contribution in [2.75, 3.05) is 6.61 Å². The van der Waals surface area contributed by atoms with Gasteiger partial charge in [-0.15, -0.1) is 11.3 Å². The lowest BCUT2D eigenvalue weighted by Gasteiger charge is -2.14. The Hall–Kier alpha value is -2.47. The van der Waals surface area contributed by atoms with Crippen molar-refractivity contribution in [2.24, 2.45) is 0 Å². The summed E-state index contributed by atoms with van der Waals surface area (Å²) >= 11 is 1.63. The van der Waals surface area contributed by atoms with Crippen molar-refractivity contribution in [3.63, 3.8) is 0 Å². The molecule has 0 bridgehead atoms. The molecule has 0 aliphatic heterocycles. The van der Waals surface area contributed by atoms with Gasteiger partial charge in [0.15, 0.2) is 0 Å². The van der Waals surface area contributed by atoms with E-state index < -0.39 is 0 Å². The Balaban J connectivity index is 1.85. The maximum atomic E-state index is 13.5. The first-order chi connectivity index (χ1) is 14.1. The Morgan fingerprint density at radius 2 is 2.10 bits per heavy atom. The van der Waals surface area contributed by atoms with Crippen molar-refractivity contribution in [2.45, 2.75) is 58.9 Å². The molecular formula is C23H26N2O3S. The molecule has 4 rings (SSSR count). The van der Waals surface area contributed by atoms with Crippen molar-refractivity contribution < 1.29 is 9.53 Å². The molecule has 0 radical (unpaired) electrons. The zero-order valence-corrected chi connectivity index (χ0v) is 17.8. The van der Waals surface area contributed by atoms with Crippen LogP contribution in [0.15, 0.2) is 29.1 Å². The number of rotatable bonds is 6. The molecule has 5 nitrogen and oxygen atoms in total. The van der Waals surface area contributed by atoms with E-state index in [2.05, 4.69) is 0 Å². The second-order valence-electron chi connectivity index (χ2n) is 7.66. The zero-order chi connectivity index (χ0) is 20.4. The molecule has 0 atom stereocenters. The number of hydrogen-bond donors (Lipinski definition) is 0. The molecule has 1 aromatic carbocycles. The minimum atomic E-state index is -0.389. The number of ether oxygens (including phenoxy) is 1. The van der Waals surface area contributed by atoms with Crippen molar-refractivity contribution in [3.05, 3.63) is 50.6 Å². The first-order valence-corrected chi connectivity index (χ1v) is 11.2. The average molecular weight is 411 g/mol. The molecule has 0 saturated carbocycles. The van der Waals surface area contributed by atoms with Crippen LogP contribution in [-0.2, 0) is 28.9 Å². The summed E-state index contributed by atoms with van der Waals surface area (Å²) in [5.41, 5.74) is 2.94. The topological polar surface area (TPSA) is 61.2 Å². The monoisotopic (exact) mass is 410 g/mol. The summed E-state index contributed by atoms with van der Waals surface area (Å²) in [6.45, 7) is 4.33. The van der Waals surface area contributed by atoms with E-state index in [-0.39, 0.29) is 18.1 Å². The van der Waals surface area contributed by atoms with Gasteiger partial charge in [-0.05, 0) is 50.7 Å². The minimum Gasteiger partial charge on any atom is -0.464 e. The number of hydrogen-bond acceptors (Lipinski definition) is 5. The molecule has 152 valence electrons. The van der Waals surface area contributed by atoms with Gasteiger partial charge in [0.2, 0.25) is 0 Å². The third kappa shape index (κ3) is 3.99. The van der Waals surface area contributed by atoms with E-state index in [1.54, 1.807) is 11.3 Å². The zero-order valence-electron chi connectivity index (χ0n) is 17.0. The van der Waals surface area contributed by atoms with Crippen LogP contribution in [0.5, 0.6) is 0 Å². The smallest absolute Gasteiger partial charge is 0.326 e. The largest absolute Gasteiger partial charge is 0.464 e. The molecule has 0 spiro atoms. The van der Waals surface area contributed by atoms with Gasteiger partial charge in [-0.2, -0.15) is 0 Å². The molecule has 2 heterocycles. The highest BCUT2D eigenvalue weighted by atomic mass is 32.1. The molecule has 0 unspecified atom stereocenters. The van der Waals surface area contributed by atoms with Crippen LogP contribution in [0.1, 0.15) is 48.6 Å². The summed E-state index contributed by atoms with van der Waals surface area (Å²) < 4.78 is 6.85. The summed E-state index contributed by atoms with van der Waals surface area (Å²) in [5, 5.41) is 0.697. The quantitative estimate of drug-likeness (QED) is 0.438. The fourth-order valence-electron chi connectivity index (χ4n) is 3.89. The fraction of sp³-hybridized carbons (Fsp3) is 0.435. The lowest BCUT2D eigenvalue weighted by atomic mass is 9.97. The maximum Gasteiger partial charge on any atom is 0.326 e. The first-order valence-electron chi connectivity index (χ1n) is 10.4. The number of thiophene rings is 1.